The maximum absolute atomic E-state index is 14.1. The molecule has 0 saturated carbocycles. The third-order valence-corrected chi connectivity index (χ3v) is 3.97. The minimum atomic E-state index is -4.70. The Bertz CT molecular complexity index is 810. The summed E-state index contributed by atoms with van der Waals surface area (Å²) in [5.41, 5.74) is -1.73. The summed E-state index contributed by atoms with van der Waals surface area (Å²) in [5, 5.41) is 2.23. The van der Waals surface area contributed by atoms with Gasteiger partial charge in [-0.15, -0.1) is 0 Å². The van der Waals surface area contributed by atoms with Gasteiger partial charge >= 0.3 is 6.18 Å². The van der Waals surface area contributed by atoms with E-state index < -0.39 is 34.0 Å². The lowest BCUT2D eigenvalue weighted by Gasteiger charge is -2.17. The van der Waals surface area contributed by atoms with Crippen molar-refractivity contribution in [1.82, 2.24) is 0 Å². The van der Waals surface area contributed by atoms with E-state index in [9.17, 15) is 22.0 Å². The molecule has 1 N–H and O–H groups in total. The average Bonchev–Trinajstić information content (AvgIpc) is 2.69. The van der Waals surface area contributed by atoms with Crippen LogP contribution in [-0.2, 0) is 6.18 Å². The molecule has 0 unspecified atom stereocenters. The first kappa shape index (κ1) is 16.7. The van der Waals surface area contributed by atoms with Gasteiger partial charge in [0, 0.05) is 17.8 Å². The maximum Gasteiger partial charge on any atom is 0.417 e. The summed E-state index contributed by atoms with van der Waals surface area (Å²) in [6.45, 7) is 0.434. The number of halogens is 6. The highest BCUT2D eigenvalue weighted by Crippen LogP contribution is 2.40. The van der Waals surface area contributed by atoms with Crippen molar-refractivity contribution in [3.05, 3.63) is 63.7 Å². The van der Waals surface area contributed by atoms with Gasteiger partial charge in [0.2, 0.25) is 0 Å². The van der Waals surface area contributed by atoms with Gasteiger partial charge in [-0.25, -0.2) is 8.78 Å². The van der Waals surface area contributed by atoms with E-state index in [-0.39, 0.29) is 23.5 Å². The van der Waals surface area contributed by atoms with Gasteiger partial charge < -0.3 is 5.32 Å². The van der Waals surface area contributed by atoms with Crippen LogP contribution in [0, 0.1) is 11.6 Å². The number of aliphatic imine (C=N–C) groups is 1. The number of hydrogen-bond donors (Lipinski definition) is 1. The van der Waals surface area contributed by atoms with Crippen LogP contribution in [0.1, 0.15) is 16.7 Å². The topological polar surface area (TPSA) is 24.4 Å². The molecule has 8 heteroatoms. The molecule has 0 spiro atoms. The summed E-state index contributed by atoms with van der Waals surface area (Å²) < 4.78 is 67.6. The number of anilines is 1. The highest BCUT2D eigenvalue weighted by molar-refractivity contribution is 6.37. The average molecular weight is 361 g/mol. The fourth-order valence-electron chi connectivity index (χ4n) is 2.54. The highest BCUT2D eigenvalue weighted by atomic mass is 35.5. The lowest BCUT2D eigenvalue weighted by atomic mass is 9.97. The van der Waals surface area contributed by atoms with Crippen molar-refractivity contribution in [1.29, 1.82) is 0 Å². The Hall–Kier alpha value is -2.15. The number of rotatable bonds is 1. The van der Waals surface area contributed by atoms with E-state index in [4.69, 9.17) is 11.6 Å². The highest BCUT2D eigenvalue weighted by Gasteiger charge is 2.36. The molecule has 24 heavy (non-hydrogen) atoms. The van der Waals surface area contributed by atoms with Gasteiger partial charge in [0.25, 0.3) is 0 Å². The molecule has 2 aromatic rings. The summed E-state index contributed by atoms with van der Waals surface area (Å²) >= 11 is 5.95. The van der Waals surface area contributed by atoms with E-state index in [1.807, 2.05) is 0 Å². The van der Waals surface area contributed by atoms with Crippen molar-refractivity contribution in [3.63, 3.8) is 0 Å². The Morgan fingerprint density at radius 3 is 2.29 bits per heavy atom. The van der Waals surface area contributed by atoms with Crippen LogP contribution in [-0.4, -0.2) is 18.8 Å². The lowest BCUT2D eigenvalue weighted by Crippen LogP contribution is -2.14. The normalized spacial score (nSPS) is 14.5. The zero-order valence-corrected chi connectivity index (χ0v) is 12.8. The number of fused-ring (bicyclic) bond motifs is 1. The molecule has 0 radical (unpaired) electrons. The minimum absolute atomic E-state index is 0.134. The largest absolute Gasteiger partial charge is 0.417 e. The molecular formula is C16H10ClF5N2. The van der Waals surface area contributed by atoms with E-state index in [1.54, 1.807) is 0 Å². The molecule has 2 nitrogen and oxygen atoms in total. The van der Waals surface area contributed by atoms with E-state index in [1.165, 1.54) is 12.1 Å². The van der Waals surface area contributed by atoms with Gasteiger partial charge in [0.1, 0.15) is 11.6 Å². The van der Waals surface area contributed by atoms with Crippen LogP contribution in [0.5, 0.6) is 0 Å². The van der Waals surface area contributed by atoms with Gasteiger partial charge in [-0.1, -0.05) is 17.7 Å². The zero-order chi connectivity index (χ0) is 17.5. The lowest BCUT2D eigenvalue weighted by molar-refractivity contribution is -0.137. The first-order chi connectivity index (χ1) is 11.3. The predicted octanol–water partition coefficient (Wildman–Crippen LogP) is 4.90. The third kappa shape index (κ3) is 2.84. The fourth-order valence-corrected chi connectivity index (χ4v) is 2.90. The Morgan fingerprint density at radius 2 is 1.67 bits per heavy atom. The molecule has 1 heterocycles. The van der Waals surface area contributed by atoms with Gasteiger partial charge in [0.15, 0.2) is 0 Å². The van der Waals surface area contributed by atoms with E-state index >= 15 is 0 Å². The summed E-state index contributed by atoms with van der Waals surface area (Å²) in [5.74, 6) is -1.84. The van der Waals surface area contributed by atoms with Crippen molar-refractivity contribution in [3.8, 4) is 0 Å². The Labute approximate surface area is 139 Å². The first-order valence-corrected chi connectivity index (χ1v) is 7.31. The van der Waals surface area contributed by atoms with Gasteiger partial charge in [-0.05, 0) is 24.3 Å². The van der Waals surface area contributed by atoms with Crippen LogP contribution in [0.25, 0.3) is 0 Å². The van der Waals surface area contributed by atoms with Gasteiger partial charge in [-0.3, -0.25) is 4.99 Å². The van der Waals surface area contributed by atoms with Crippen LogP contribution in [0.2, 0.25) is 5.02 Å². The molecule has 0 saturated heterocycles. The quantitative estimate of drug-likeness (QED) is 0.719. The number of nitrogens with zero attached hydrogens (tertiary/aromatic N) is 1. The van der Waals surface area contributed by atoms with Crippen molar-refractivity contribution in [2.75, 3.05) is 18.4 Å². The molecule has 0 atom stereocenters. The monoisotopic (exact) mass is 360 g/mol. The minimum Gasteiger partial charge on any atom is -0.383 e. The summed E-state index contributed by atoms with van der Waals surface area (Å²) in [6.07, 6.45) is -4.70. The first-order valence-electron chi connectivity index (χ1n) is 6.93. The second-order valence-corrected chi connectivity index (χ2v) is 5.48. The number of benzodiazepines with no additional fused rings is 1. The number of alkyl halides is 3. The van der Waals surface area contributed by atoms with Crippen LogP contribution in [0.3, 0.4) is 0 Å². The standard InChI is InChI=1S/C16H10ClF5N2/c17-14-8(16(20,21)22)4-5-11-13(14)15(24-7-6-23-11)12-9(18)2-1-3-10(12)19/h1-5,23H,6-7H2. The molecule has 0 amide bonds. The van der Waals surface area contributed by atoms with E-state index in [0.29, 0.717) is 6.54 Å². The molecule has 126 valence electrons. The van der Waals surface area contributed by atoms with Crippen molar-refractivity contribution in [2.45, 2.75) is 6.18 Å². The Balaban J connectivity index is 2.31. The van der Waals surface area contributed by atoms with Gasteiger partial charge in [0.05, 0.1) is 28.4 Å². The van der Waals surface area contributed by atoms with Crippen molar-refractivity contribution >= 4 is 23.0 Å². The summed E-state index contributed by atoms with van der Waals surface area (Å²) in [4.78, 5) is 4.06. The molecule has 1 aliphatic rings. The van der Waals surface area contributed by atoms with Crippen LogP contribution < -0.4 is 5.32 Å². The van der Waals surface area contributed by atoms with Crippen LogP contribution in [0.4, 0.5) is 27.6 Å². The SMILES string of the molecule is Fc1cccc(F)c1C1=NCCNc2ccc(C(F)(F)F)c(Cl)c21. The predicted molar refractivity (Wildman–Crippen MR) is 81.8 cm³/mol. The van der Waals surface area contributed by atoms with Crippen LogP contribution >= 0.6 is 11.6 Å². The maximum atomic E-state index is 14.1. The smallest absolute Gasteiger partial charge is 0.383 e. The van der Waals surface area contributed by atoms with E-state index in [0.717, 1.165) is 18.2 Å². The second-order valence-electron chi connectivity index (χ2n) is 5.10. The summed E-state index contributed by atoms with van der Waals surface area (Å²) in [6, 6.07) is 5.21. The third-order valence-electron chi connectivity index (χ3n) is 3.58. The molecule has 0 aromatic heterocycles. The zero-order valence-electron chi connectivity index (χ0n) is 12.0. The molecular weight excluding hydrogens is 351 g/mol. The van der Waals surface area contributed by atoms with Gasteiger partial charge in [-0.2, -0.15) is 13.2 Å². The molecule has 0 bridgehead atoms. The second kappa shape index (κ2) is 6.05. The van der Waals surface area contributed by atoms with Crippen molar-refractivity contribution < 1.29 is 22.0 Å². The van der Waals surface area contributed by atoms with Crippen LogP contribution in [0.15, 0.2) is 35.3 Å². The molecule has 0 fully saturated rings. The molecule has 3 rings (SSSR count). The molecule has 1 aliphatic heterocycles. The van der Waals surface area contributed by atoms with Crippen molar-refractivity contribution in [2.24, 2.45) is 4.99 Å². The Morgan fingerprint density at radius 1 is 1.00 bits per heavy atom. The molecule has 0 aliphatic carbocycles. The summed E-state index contributed by atoms with van der Waals surface area (Å²) in [7, 11) is 0. The molecule has 2 aromatic carbocycles. The van der Waals surface area contributed by atoms with E-state index in [2.05, 4.69) is 10.3 Å². The number of hydrogen-bond acceptors (Lipinski definition) is 2. The number of nitrogens with one attached hydrogen (secondary N) is 1. The fraction of sp³-hybridized carbons (Fsp3) is 0.188. The number of benzene rings is 2. The Kier molecular flexibility index (Phi) is 4.21.